The first-order chi connectivity index (χ1) is 17.3. The maximum Gasteiger partial charge on any atom is 0.200 e. The fourth-order valence-corrected chi connectivity index (χ4v) is 4.62. The topological polar surface area (TPSA) is 93.6 Å². The molecule has 5 rings (SSSR count). The third-order valence-electron chi connectivity index (χ3n) is 6.75. The molecule has 1 fully saturated rings. The third-order valence-corrected chi connectivity index (χ3v) is 6.75. The molecule has 10 heteroatoms. The Kier molecular flexibility index (Phi) is 6.08. The van der Waals surface area contributed by atoms with E-state index in [1.165, 1.54) is 12.1 Å². The zero-order chi connectivity index (χ0) is 25.4. The molecule has 4 aromatic rings. The summed E-state index contributed by atoms with van der Waals surface area (Å²) in [5, 5.41) is 22.8. The standard InChI is InChI=1S/C26H27F2N7O/c1-26(2,15-29)34-14-16(12-32-34)25-19-13-31-23(30-3)11-21(19)35(33-25)17-7-9-18(10-8-17)36-22-6-4-5-20(27)24(22)28/h4-6,11-14,17-18H,7-10H2,1-3H3,(H,30,31). The van der Waals surface area contributed by atoms with Gasteiger partial charge in [0.05, 0.1) is 29.9 Å². The molecule has 0 unspecified atom stereocenters. The molecule has 1 aliphatic carbocycles. The van der Waals surface area contributed by atoms with Crippen molar-refractivity contribution in [1.82, 2.24) is 24.5 Å². The average molecular weight is 492 g/mol. The number of ether oxygens (including phenoxy) is 1. The van der Waals surface area contributed by atoms with Crippen LogP contribution in [0.1, 0.15) is 45.6 Å². The van der Waals surface area contributed by atoms with Crippen LogP contribution in [0.5, 0.6) is 5.75 Å². The second-order valence-electron chi connectivity index (χ2n) is 9.57. The maximum absolute atomic E-state index is 14.1. The normalized spacial score (nSPS) is 18.2. The van der Waals surface area contributed by atoms with E-state index in [1.807, 2.05) is 24.0 Å². The van der Waals surface area contributed by atoms with Crippen LogP contribution >= 0.6 is 0 Å². The maximum atomic E-state index is 14.1. The Hall–Kier alpha value is -4.00. The van der Waals surface area contributed by atoms with Gasteiger partial charge in [0.25, 0.3) is 0 Å². The van der Waals surface area contributed by atoms with E-state index in [-0.39, 0.29) is 17.9 Å². The number of hydrogen-bond donors (Lipinski definition) is 1. The monoisotopic (exact) mass is 491 g/mol. The minimum absolute atomic E-state index is 0.0488. The van der Waals surface area contributed by atoms with Crippen molar-refractivity contribution in [3.8, 4) is 23.1 Å². The zero-order valence-corrected chi connectivity index (χ0v) is 20.4. The number of hydrogen-bond acceptors (Lipinski definition) is 6. The van der Waals surface area contributed by atoms with Crippen LogP contribution < -0.4 is 10.1 Å². The van der Waals surface area contributed by atoms with Crippen LogP contribution in [-0.2, 0) is 5.54 Å². The Balaban J connectivity index is 1.43. The number of aromatic nitrogens is 5. The molecule has 0 amide bonds. The fraction of sp³-hybridized carbons (Fsp3) is 0.385. The van der Waals surface area contributed by atoms with Crippen molar-refractivity contribution in [2.75, 3.05) is 12.4 Å². The first kappa shape index (κ1) is 23.7. The molecular formula is C26H27F2N7O. The Morgan fingerprint density at radius 1 is 1.17 bits per heavy atom. The highest BCUT2D eigenvalue weighted by Gasteiger charge is 2.28. The van der Waals surface area contributed by atoms with E-state index in [2.05, 4.69) is 21.5 Å². The predicted octanol–water partition coefficient (Wildman–Crippen LogP) is 5.44. The van der Waals surface area contributed by atoms with Crippen LogP contribution in [0, 0.1) is 23.0 Å². The summed E-state index contributed by atoms with van der Waals surface area (Å²) in [7, 11) is 1.82. The van der Waals surface area contributed by atoms with Gasteiger partial charge in [0.2, 0.25) is 5.82 Å². The lowest BCUT2D eigenvalue weighted by molar-refractivity contribution is 0.125. The number of nitriles is 1. The van der Waals surface area contributed by atoms with Crippen molar-refractivity contribution in [3.63, 3.8) is 0 Å². The zero-order valence-electron chi connectivity index (χ0n) is 20.4. The molecule has 0 radical (unpaired) electrons. The van der Waals surface area contributed by atoms with Crippen molar-refractivity contribution in [3.05, 3.63) is 54.5 Å². The Labute approximate surface area is 207 Å². The summed E-state index contributed by atoms with van der Waals surface area (Å²) >= 11 is 0. The number of pyridine rings is 1. The average Bonchev–Trinajstić information content (AvgIpc) is 3.53. The predicted molar refractivity (Wildman–Crippen MR) is 132 cm³/mol. The lowest BCUT2D eigenvalue weighted by Crippen LogP contribution is -2.26. The molecule has 1 aromatic carbocycles. The van der Waals surface area contributed by atoms with E-state index in [4.69, 9.17) is 9.84 Å². The lowest BCUT2D eigenvalue weighted by Gasteiger charge is -2.29. The van der Waals surface area contributed by atoms with Gasteiger partial charge < -0.3 is 10.1 Å². The highest BCUT2D eigenvalue weighted by atomic mass is 19.2. The van der Waals surface area contributed by atoms with Crippen LogP contribution in [0.2, 0.25) is 0 Å². The van der Waals surface area contributed by atoms with Gasteiger partial charge in [-0.05, 0) is 51.7 Å². The molecule has 1 aliphatic rings. The summed E-state index contributed by atoms with van der Waals surface area (Å²) in [6, 6.07) is 8.32. The van der Waals surface area contributed by atoms with E-state index in [0.29, 0.717) is 12.8 Å². The van der Waals surface area contributed by atoms with E-state index in [1.54, 1.807) is 30.9 Å². The van der Waals surface area contributed by atoms with Gasteiger partial charge in [-0.1, -0.05) is 6.07 Å². The number of benzene rings is 1. The fourth-order valence-electron chi connectivity index (χ4n) is 4.62. The first-order valence-corrected chi connectivity index (χ1v) is 11.9. The summed E-state index contributed by atoms with van der Waals surface area (Å²) in [5.41, 5.74) is 1.71. The summed E-state index contributed by atoms with van der Waals surface area (Å²) in [4.78, 5) is 4.49. The van der Waals surface area contributed by atoms with E-state index >= 15 is 0 Å². The van der Waals surface area contributed by atoms with Crippen molar-refractivity contribution in [1.29, 1.82) is 5.26 Å². The van der Waals surface area contributed by atoms with Gasteiger partial charge in [0, 0.05) is 36.5 Å². The molecular weight excluding hydrogens is 464 g/mol. The SMILES string of the molecule is CNc1cc2c(cn1)c(-c1cnn(C(C)(C)C#N)c1)nn2C1CCC(Oc2cccc(F)c2F)CC1. The van der Waals surface area contributed by atoms with Crippen molar-refractivity contribution in [2.45, 2.75) is 57.2 Å². The van der Waals surface area contributed by atoms with Gasteiger partial charge in [0.1, 0.15) is 17.1 Å². The molecule has 0 saturated heterocycles. The molecule has 1 N–H and O–H groups in total. The summed E-state index contributed by atoms with van der Waals surface area (Å²) < 4.78 is 37.1. The van der Waals surface area contributed by atoms with E-state index < -0.39 is 17.2 Å². The van der Waals surface area contributed by atoms with Crippen molar-refractivity contribution < 1.29 is 13.5 Å². The molecule has 8 nitrogen and oxygen atoms in total. The first-order valence-electron chi connectivity index (χ1n) is 11.9. The quantitative estimate of drug-likeness (QED) is 0.386. The number of nitrogens with one attached hydrogen (secondary N) is 1. The van der Waals surface area contributed by atoms with Gasteiger partial charge in [-0.3, -0.25) is 9.36 Å². The van der Waals surface area contributed by atoms with Crippen LogP contribution in [0.15, 0.2) is 42.9 Å². The Bertz CT molecular complexity index is 1440. The lowest BCUT2D eigenvalue weighted by atomic mass is 9.93. The molecule has 36 heavy (non-hydrogen) atoms. The van der Waals surface area contributed by atoms with Gasteiger partial charge in [0.15, 0.2) is 11.6 Å². The number of anilines is 1. The summed E-state index contributed by atoms with van der Waals surface area (Å²) in [5.74, 6) is -1.18. The Morgan fingerprint density at radius 2 is 1.94 bits per heavy atom. The molecule has 1 saturated carbocycles. The third kappa shape index (κ3) is 4.26. The van der Waals surface area contributed by atoms with Gasteiger partial charge >= 0.3 is 0 Å². The second-order valence-corrected chi connectivity index (χ2v) is 9.57. The van der Waals surface area contributed by atoms with Crippen LogP contribution in [0.4, 0.5) is 14.6 Å². The number of fused-ring (bicyclic) bond motifs is 1. The second kappa shape index (κ2) is 9.22. The van der Waals surface area contributed by atoms with Gasteiger partial charge in [-0.2, -0.15) is 19.8 Å². The molecule has 3 heterocycles. The minimum atomic E-state index is -0.949. The van der Waals surface area contributed by atoms with Crippen LogP contribution in [0.25, 0.3) is 22.2 Å². The van der Waals surface area contributed by atoms with E-state index in [9.17, 15) is 14.0 Å². The largest absolute Gasteiger partial charge is 0.487 e. The Morgan fingerprint density at radius 3 is 2.67 bits per heavy atom. The summed E-state index contributed by atoms with van der Waals surface area (Å²) in [6.07, 6.45) is 8.08. The molecule has 0 aliphatic heterocycles. The molecule has 0 bridgehead atoms. The number of rotatable bonds is 6. The number of halogens is 2. The molecule has 186 valence electrons. The van der Waals surface area contributed by atoms with Crippen molar-refractivity contribution >= 4 is 16.7 Å². The summed E-state index contributed by atoms with van der Waals surface area (Å²) in [6.45, 7) is 3.61. The number of nitrogens with zero attached hydrogens (tertiary/aromatic N) is 6. The van der Waals surface area contributed by atoms with Crippen molar-refractivity contribution in [2.24, 2.45) is 0 Å². The highest BCUT2D eigenvalue weighted by Crippen LogP contribution is 2.37. The van der Waals surface area contributed by atoms with Gasteiger partial charge in [-0.15, -0.1) is 0 Å². The molecule has 0 spiro atoms. The molecule has 3 aromatic heterocycles. The molecule has 0 atom stereocenters. The highest BCUT2D eigenvalue weighted by molar-refractivity contribution is 5.93. The van der Waals surface area contributed by atoms with Crippen LogP contribution in [-0.4, -0.2) is 37.7 Å². The van der Waals surface area contributed by atoms with Crippen LogP contribution in [0.3, 0.4) is 0 Å². The smallest absolute Gasteiger partial charge is 0.200 e. The minimum Gasteiger partial charge on any atom is -0.487 e. The van der Waals surface area contributed by atoms with Gasteiger partial charge in [-0.25, -0.2) is 9.37 Å². The van der Waals surface area contributed by atoms with E-state index in [0.717, 1.165) is 46.9 Å².